The molecule has 4 atom stereocenters. The average molecular weight is 691 g/mol. The molecule has 10 nitrogen and oxygen atoms in total. The predicted molar refractivity (Wildman–Crippen MR) is 187 cm³/mol. The molecular formula is C38H43ClN2O8. The highest BCUT2D eigenvalue weighted by molar-refractivity contribution is 6.27. The number of carbonyl (C=O) groups excluding carboxylic acids is 2. The highest BCUT2D eigenvalue weighted by atomic mass is 35.5. The van der Waals surface area contributed by atoms with Gasteiger partial charge >= 0.3 is 0 Å². The summed E-state index contributed by atoms with van der Waals surface area (Å²) in [5.74, 6) is 1.88. The van der Waals surface area contributed by atoms with E-state index in [1.54, 1.807) is 6.07 Å². The lowest BCUT2D eigenvalue weighted by molar-refractivity contribution is -0.137. The third-order valence-electron chi connectivity index (χ3n) is 7.31. The van der Waals surface area contributed by atoms with Crippen LogP contribution in [0.5, 0.6) is 23.0 Å². The first-order valence-electron chi connectivity index (χ1n) is 16.2. The number of amides is 2. The van der Waals surface area contributed by atoms with Gasteiger partial charge in [-0.15, -0.1) is 11.6 Å². The zero-order valence-corrected chi connectivity index (χ0v) is 28.4. The number of rotatable bonds is 15. The lowest BCUT2D eigenvalue weighted by Gasteiger charge is -2.31. The number of benzene rings is 4. The SMILES string of the molecule is CCOc1ccccc1O[C@@H](c1ccccc1)[C@@H](O)CNC(=O)CCl.CCOc1ccccc1O[C@@H](c1ccccc1)[C@@H]1CNC(=O)CO1. The van der Waals surface area contributed by atoms with Crippen molar-refractivity contribution in [3.05, 3.63) is 120 Å². The second-order valence-electron chi connectivity index (χ2n) is 10.8. The maximum Gasteiger partial charge on any atom is 0.246 e. The topological polar surface area (TPSA) is 125 Å². The van der Waals surface area contributed by atoms with E-state index in [1.165, 1.54) is 0 Å². The van der Waals surface area contributed by atoms with E-state index in [9.17, 15) is 14.7 Å². The van der Waals surface area contributed by atoms with Gasteiger partial charge in [0.05, 0.1) is 13.2 Å². The maximum atomic E-state index is 11.4. The van der Waals surface area contributed by atoms with Crippen LogP contribution >= 0.6 is 11.6 Å². The standard InChI is InChI=1S/C19H22ClNO4.C19H21NO4/c1-2-24-16-10-6-7-11-17(16)25-19(14-8-4-3-5-9-14)15(22)13-21-18(23)12-20;1-2-22-15-10-6-7-11-16(15)24-19(14-8-4-3-5-9-14)17-12-20-18(21)13-23-17/h3-11,15,19,22H,2,12-13H2,1H3,(H,21,23);3-11,17,19H,2,12-13H2,1H3,(H,20,21)/t15-,19-;17-,19-/m00/s1. The maximum absolute atomic E-state index is 11.4. The molecule has 0 aromatic heterocycles. The van der Waals surface area contributed by atoms with Gasteiger partial charge in [-0.25, -0.2) is 0 Å². The first kappa shape index (κ1) is 37.1. The summed E-state index contributed by atoms with van der Waals surface area (Å²) in [6.45, 7) is 5.38. The summed E-state index contributed by atoms with van der Waals surface area (Å²) in [6.07, 6.45) is -2.23. The molecule has 0 aliphatic carbocycles. The molecule has 0 bridgehead atoms. The van der Waals surface area contributed by atoms with Crippen molar-refractivity contribution >= 4 is 23.4 Å². The Morgan fingerprint density at radius 1 is 0.816 bits per heavy atom. The van der Waals surface area contributed by atoms with Crippen LogP contribution in [-0.2, 0) is 14.3 Å². The fraction of sp³-hybridized carbons (Fsp3) is 0.316. The van der Waals surface area contributed by atoms with E-state index in [-0.39, 0.29) is 43.1 Å². The summed E-state index contributed by atoms with van der Waals surface area (Å²) in [5, 5.41) is 16.0. The van der Waals surface area contributed by atoms with E-state index in [0.717, 1.165) is 11.1 Å². The molecule has 1 aliphatic rings. The van der Waals surface area contributed by atoms with Crippen LogP contribution in [-0.4, -0.2) is 67.9 Å². The number of nitrogens with one attached hydrogen (secondary N) is 2. The van der Waals surface area contributed by atoms with Crippen molar-refractivity contribution in [2.75, 3.05) is 38.8 Å². The minimum atomic E-state index is -0.954. The van der Waals surface area contributed by atoms with E-state index >= 15 is 0 Å². The Labute approximate surface area is 292 Å². The molecule has 1 fully saturated rings. The van der Waals surface area contributed by atoms with Crippen molar-refractivity contribution in [1.29, 1.82) is 0 Å². The van der Waals surface area contributed by atoms with Gasteiger partial charge in [-0.05, 0) is 49.2 Å². The Morgan fingerprint density at radius 3 is 1.84 bits per heavy atom. The molecular weight excluding hydrogens is 648 g/mol. The van der Waals surface area contributed by atoms with Gasteiger partial charge in [0.2, 0.25) is 11.8 Å². The number of hydrogen-bond donors (Lipinski definition) is 3. The Morgan fingerprint density at radius 2 is 1.33 bits per heavy atom. The quantitative estimate of drug-likeness (QED) is 0.137. The largest absolute Gasteiger partial charge is 0.490 e. The second kappa shape index (κ2) is 19.9. The van der Waals surface area contributed by atoms with Gasteiger partial charge in [0, 0.05) is 13.1 Å². The van der Waals surface area contributed by atoms with Gasteiger partial charge in [-0.1, -0.05) is 84.9 Å². The number of para-hydroxylation sites is 4. The Kier molecular flexibility index (Phi) is 15.1. The van der Waals surface area contributed by atoms with E-state index in [1.807, 2.05) is 117 Å². The highest BCUT2D eigenvalue weighted by Crippen LogP contribution is 2.34. The Balaban J connectivity index is 0.000000221. The van der Waals surface area contributed by atoms with Gasteiger partial charge in [0.15, 0.2) is 35.2 Å². The zero-order valence-electron chi connectivity index (χ0n) is 27.6. The van der Waals surface area contributed by atoms with Crippen LogP contribution in [0, 0.1) is 0 Å². The number of hydrogen-bond acceptors (Lipinski definition) is 8. The van der Waals surface area contributed by atoms with Crippen molar-refractivity contribution < 1.29 is 38.4 Å². The lowest BCUT2D eigenvalue weighted by atomic mass is 10.0. The summed E-state index contributed by atoms with van der Waals surface area (Å²) in [7, 11) is 0. The zero-order chi connectivity index (χ0) is 34.8. The fourth-order valence-corrected chi connectivity index (χ4v) is 5.10. The molecule has 1 saturated heterocycles. The molecule has 2 amide bonds. The van der Waals surface area contributed by atoms with Crippen molar-refractivity contribution in [2.24, 2.45) is 0 Å². The van der Waals surface area contributed by atoms with E-state index in [4.69, 9.17) is 35.3 Å². The molecule has 4 aromatic carbocycles. The molecule has 49 heavy (non-hydrogen) atoms. The summed E-state index contributed by atoms with van der Waals surface area (Å²) < 4.78 is 29.2. The molecule has 1 aliphatic heterocycles. The average Bonchev–Trinajstić information content (AvgIpc) is 3.14. The van der Waals surface area contributed by atoms with Gasteiger partial charge < -0.3 is 39.4 Å². The molecule has 5 rings (SSSR count). The molecule has 260 valence electrons. The van der Waals surface area contributed by atoms with Crippen LogP contribution < -0.4 is 29.6 Å². The number of morpholine rings is 1. The molecule has 0 saturated carbocycles. The van der Waals surface area contributed by atoms with Gasteiger partial charge in [-0.3, -0.25) is 9.59 Å². The lowest BCUT2D eigenvalue weighted by Crippen LogP contribution is -2.46. The first-order valence-corrected chi connectivity index (χ1v) is 16.7. The van der Waals surface area contributed by atoms with E-state index in [0.29, 0.717) is 42.8 Å². The smallest absolute Gasteiger partial charge is 0.246 e. The Bertz CT molecular complexity index is 1570. The number of aliphatic hydroxyl groups is 1. The molecule has 0 radical (unpaired) electrons. The summed E-state index contributed by atoms with van der Waals surface area (Å²) in [4.78, 5) is 22.7. The molecule has 1 heterocycles. The fourth-order valence-electron chi connectivity index (χ4n) is 5.01. The van der Waals surface area contributed by atoms with Crippen molar-refractivity contribution in [1.82, 2.24) is 10.6 Å². The van der Waals surface area contributed by atoms with Crippen molar-refractivity contribution in [3.8, 4) is 23.0 Å². The third-order valence-corrected chi connectivity index (χ3v) is 7.55. The van der Waals surface area contributed by atoms with Crippen LogP contribution in [0.2, 0.25) is 0 Å². The van der Waals surface area contributed by atoms with Crippen LogP contribution in [0.1, 0.15) is 37.2 Å². The predicted octanol–water partition coefficient (Wildman–Crippen LogP) is 5.64. The molecule has 0 unspecified atom stereocenters. The summed E-state index contributed by atoms with van der Waals surface area (Å²) in [6, 6.07) is 34.1. The van der Waals surface area contributed by atoms with Crippen molar-refractivity contribution in [3.63, 3.8) is 0 Å². The van der Waals surface area contributed by atoms with E-state index < -0.39 is 12.2 Å². The minimum Gasteiger partial charge on any atom is -0.490 e. The van der Waals surface area contributed by atoms with Crippen LogP contribution in [0.3, 0.4) is 0 Å². The number of aliphatic hydroxyl groups excluding tert-OH is 1. The normalized spacial score (nSPS) is 15.7. The van der Waals surface area contributed by atoms with Crippen LogP contribution in [0.4, 0.5) is 0 Å². The number of halogens is 1. The second-order valence-corrected chi connectivity index (χ2v) is 11.1. The van der Waals surface area contributed by atoms with Crippen LogP contribution in [0.25, 0.3) is 0 Å². The summed E-state index contributed by atoms with van der Waals surface area (Å²) >= 11 is 5.48. The van der Waals surface area contributed by atoms with Crippen molar-refractivity contribution in [2.45, 2.75) is 38.3 Å². The number of alkyl halides is 1. The van der Waals surface area contributed by atoms with E-state index in [2.05, 4.69) is 10.6 Å². The van der Waals surface area contributed by atoms with Gasteiger partial charge in [-0.2, -0.15) is 0 Å². The van der Waals surface area contributed by atoms with Crippen LogP contribution in [0.15, 0.2) is 109 Å². The minimum absolute atomic E-state index is 0.0297. The Hall–Kier alpha value is -4.77. The molecule has 0 spiro atoms. The van der Waals surface area contributed by atoms with Gasteiger partial charge in [0.1, 0.15) is 24.7 Å². The molecule has 11 heteroatoms. The number of ether oxygens (including phenoxy) is 5. The highest BCUT2D eigenvalue weighted by Gasteiger charge is 2.31. The number of carbonyl (C=O) groups is 2. The molecule has 4 aromatic rings. The molecule has 3 N–H and O–H groups in total. The van der Waals surface area contributed by atoms with Gasteiger partial charge in [0.25, 0.3) is 0 Å². The summed E-state index contributed by atoms with van der Waals surface area (Å²) in [5.41, 5.74) is 1.78. The monoisotopic (exact) mass is 690 g/mol. The third kappa shape index (κ3) is 11.4. The first-order chi connectivity index (χ1) is 23.9.